The van der Waals surface area contributed by atoms with Crippen LogP contribution in [-0.2, 0) is 9.53 Å². The van der Waals surface area contributed by atoms with Gasteiger partial charge in [-0.2, -0.15) is 0 Å². The standard InChI is InChI=1S/C18H27ClN2O3/c1-13-9-21(10-14(2)24-13)18(3,4)12-20-17(22)11-23-16-7-5-15(19)6-8-16/h5-8,13-14H,9-12H2,1-4H3,(H,20,22)/t13-,14-/m0/s1. The van der Waals surface area contributed by atoms with Crippen molar-refractivity contribution in [3.8, 4) is 5.75 Å². The predicted octanol–water partition coefficient (Wildman–Crippen LogP) is 2.72. The maximum absolute atomic E-state index is 12.0. The Morgan fingerprint density at radius 1 is 1.29 bits per heavy atom. The number of rotatable bonds is 6. The second-order valence-electron chi connectivity index (χ2n) is 6.99. The first kappa shape index (κ1) is 19.0. The Morgan fingerprint density at radius 3 is 2.46 bits per heavy atom. The number of halogens is 1. The first-order valence-corrected chi connectivity index (χ1v) is 8.69. The first-order chi connectivity index (χ1) is 11.3. The quantitative estimate of drug-likeness (QED) is 0.853. The van der Waals surface area contributed by atoms with Crippen molar-refractivity contribution in [2.45, 2.75) is 45.4 Å². The molecule has 2 atom stereocenters. The van der Waals surface area contributed by atoms with E-state index in [2.05, 4.69) is 37.9 Å². The molecule has 1 heterocycles. The van der Waals surface area contributed by atoms with Crippen molar-refractivity contribution < 1.29 is 14.3 Å². The molecule has 1 fully saturated rings. The van der Waals surface area contributed by atoms with E-state index in [1.165, 1.54) is 0 Å². The molecule has 24 heavy (non-hydrogen) atoms. The van der Waals surface area contributed by atoms with Crippen LogP contribution in [0.15, 0.2) is 24.3 Å². The summed E-state index contributed by atoms with van der Waals surface area (Å²) >= 11 is 5.82. The van der Waals surface area contributed by atoms with Gasteiger partial charge in [0.15, 0.2) is 6.61 Å². The fourth-order valence-electron chi connectivity index (χ4n) is 2.83. The number of nitrogens with zero attached hydrogens (tertiary/aromatic N) is 1. The summed E-state index contributed by atoms with van der Waals surface area (Å²) in [5.41, 5.74) is -0.137. The third-order valence-electron chi connectivity index (χ3n) is 4.18. The van der Waals surface area contributed by atoms with Gasteiger partial charge in [0.2, 0.25) is 0 Å². The molecule has 1 amide bonds. The van der Waals surface area contributed by atoms with E-state index >= 15 is 0 Å². The maximum Gasteiger partial charge on any atom is 0.258 e. The number of hydrogen-bond acceptors (Lipinski definition) is 4. The lowest BCUT2D eigenvalue weighted by Crippen LogP contribution is -2.58. The van der Waals surface area contributed by atoms with Gasteiger partial charge in [-0.05, 0) is 52.0 Å². The van der Waals surface area contributed by atoms with Gasteiger partial charge in [-0.3, -0.25) is 9.69 Å². The summed E-state index contributed by atoms with van der Waals surface area (Å²) in [5.74, 6) is 0.497. The van der Waals surface area contributed by atoms with E-state index < -0.39 is 0 Å². The van der Waals surface area contributed by atoms with Crippen molar-refractivity contribution in [2.24, 2.45) is 0 Å². The number of carbonyl (C=O) groups is 1. The Kier molecular flexibility index (Phi) is 6.49. The zero-order valence-electron chi connectivity index (χ0n) is 14.8. The topological polar surface area (TPSA) is 50.8 Å². The van der Waals surface area contributed by atoms with Gasteiger partial charge in [0.25, 0.3) is 5.91 Å². The molecule has 1 N–H and O–H groups in total. The molecule has 0 spiro atoms. The van der Waals surface area contributed by atoms with Crippen LogP contribution in [0.1, 0.15) is 27.7 Å². The summed E-state index contributed by atoms with van der Waals surface area (Å²) in [6.45, 7) is 10.7. The summed E-state index contributed by atoms with van der Waals surface area (Å²) < 4.78 is 11.2. The average Bonchev–Trinajstić information content (AvgIpc) is 2.51. The fraction of sp³-hybridized carbons (Fsp3) is 0.611. The Hall–Kier alpha value is -1.30. The molecule has 0 radical (unpaired) electrons. The van der Waals surface area contributed by atoms with Crippen molar-refractivity contribution in [1.29, 1.82) is 0 Å². The van der Waals surface area contributed by atoms with Crippen LogP contribution in [0.5, 0.6) is 5.75 Å². The van der Waals surface area contributed by atoms with Gasteiger partial charge in [-0.15, -0.1) is 0 Å². The van der Waals surface area contributed by atoms with Crippen LogP contribution in [-0.4, -0.2) is 54.8 Å². The molecular weight excluding hydrogens is 328 g/mol. The molecule has 1 aliphatic heterocycles. The third kappa shape index (κ3) is 5.65. The van der Waals surface area contributed by atoms with Crippen LogP contribution in [0.25, 0.3) is 0 Å². The van der Waals surface area contributed by atoms with E-state index in [9.17, 15) is 4.79 Å². The number of amides is 1. The highest BCUT2D eigenvalue weighted by Crippen LogP contribution is 2.20. The van der Waals surface area contributed by atoms with Gasteiger partial charge >= 0.3 is 0 Å². The maximum atomic E-state index is 12.0. The minimum Gasteiger partial charge on any atom is -0.484 e. The average molecular weight is 355 g/mol. The molecule has 0 aliphatic carbocycles. The SMILES string of the molecule is C[C@H]1CN(C(C)(C)CNC(=O)COc2ccc(Cl)cc2)C[C@H](C)O1. The van der Waals surface area contributed by atoms with Crippen molar-refractivity contribution in [3.05, 3.63) is 29.3 Å². The van der Waals surface area contributed by atoms with Gasteiger partial charge in [-0.1, -0.05) is 11.6 Å². The largest absolute Gasteiger partial charge is 0.484 e. The highest BCUT2D eigenvalue weighted by atomic mass is 35.5. The molecule has 134 valence electrons. The van der Waals surface area contributed by atoms with Crippen LogP contribution >= 0.6 is 11.6 Å². The van der Waals surface area contributed by atoms with Crippen LogP contribution in [0.4, 0.5) is 0 Å². The summed E-state index contributed by atoms with van der Waals surface area (Å²) in [5, 5.41) is 3.60. The van der Waals surface area contributed by atoms with Crippen molar-refractivity contribution in [2.75, 3.05) is 26.2 Å². The van der Waals surface area contributed by atoms with E-state index in [1.807, 2.05) is 0 Å². The van der Waals surface area contributed by atoms with E-state index in [1.54, 1.807) is 24.3 Å². The van der Waals surface area contributed by atoms with Crippen molar-refractivity contribution in [3.63, 3.8) is 0 Å². The van der Waals surface area contributed by atoms with E-state index in [4.69, 9.17) is 21.1 Å². The van der Waals surface area contributed by atoms with Gasteiger partial charge in [0, 0.05) is 30.2 Å². The highest BCUT2D eigenvalue weighted by molar-refractivity contribution is 6.30. The molecule has 0 saturated carbocycles. The Labute approximate surface area is 149 Å². The van der Waals surface area contributed by atoms with Crippen molar-refractivity contribution >= 4 is 17.5 Å². The number of ether oxygens (including phenoxy) is 2. The Morgan fingerprint density at radius 2 is 1.88 bits per heavy atom. The predicted molar refractivity (Wildman–Crippen MR) is 95.6 cm³/mol. The number of nitrogens with one attached hydrogen (secondary N) is 1. The van der Waals surface area contributed by atoms with Crippen LogP contribution < -0.4 is 10.1 Å². The van der Waals surface area contributed by atoms with Crippen LogP contribution in [0, 0.1) is 0 Å². The normalized spacial score (nSPS) is 22.2. The summed E-state index contributed by atoms with van der Waals surface area (Å²) in [6, 6.07) is 6.96. The third-order valence-corrected chi connectivity index (χ3v) is 4.43. The van der Waals surface area contributed by atoms with E-state index in [-0.39, 0.29) is 30.3 Å². The van der Waals surface area contributed by atoms with Gasteiger partial charge in [-0.25, -0.2) is 0 Å². The molecule has 0 unspecified atom stereocenters. The summed E-state index contributed by atoms with van der Waals surface area (Å²) in [4.78, 5) is 14.4. The lowest BCUT2D eigenvalue weighted by atomic mass is 10.00. The number of hydrogen-bond donors (Lipinski definition) is 1. The molecule has 6 heteroatoms. The second-order valence-corrected chi connectivity index (χ2v) is 7.43. The molecular formula is C18H27ClN2O3. The van der Waals surface area contributed by atoms with Gasteiger partial charge < -0.3 is 14.8 Å². The number of morpholine rings is 1. The molecule has 1 aromatic carbocycles. The molecule has 1 aliphatic rings. The number of carbonyl (C=O) groups excluding carboxylic acids is 1. The van der Waals surface area contributed by atoms with E-state index in [0.717, 1.165) is 13.1 Å². The van der Waals surface area contributed by atoms with Crippen LogP contribution in [0.2, 0.25) is 5.02 Å². The monoisotopic (exact) mass is 354 g/mol. The summed E-state index contributed by atoms with van der Waals surface area (Å²) in [7, 11) is 0. The smallest absolute Gasteiger partial charge is 0.258 e. The number of benzene rings is 1. The molecule has 1 saturated heterocycles. The van der Waals surface area contributed by atoms with Crippen LogP contribution in [0.3, 0.4) is 0 Å². The Bertz CT molecular complexity index is 538. The molecule has 0 aromatic heterocycles. The van der Waals surface area contributed by atoms with Gasteiger partial charge in [0.1, 0.15) is 5.75 Å². The zero-order valence-corrected chi connectivity index (χ0v) is 15.6. The van der Waals surface area contributed by atoms with E-state index in [0.29, 0.717) is 17.3 Å². The molecule has 1 aromatic rings. The minimum atomic E-state index is -0.137. The highest BCUT2D eigenvalue weighted by Gasteiger charge is 2.33. The summed E-state index contributed by atoms with van der Waals surface area (Å²) in [6.07, 6.45) is 0.411. The van der Waals surface area contributed by atoms with Crippen molar-refractivity contribution in [1.82, 2.24) is 10.2 Å². The second kappa shape index (κ2) is 8.19. The molecule has 2 rings (SSSR count). The Balaban J connectivity index is 1.78. The molecule has 0 bridgehead atoms. The van der Waals surface area contributed by atoms with Gasteiger partial charge in [0.05, 0.1) is 12.2 Å². The lowest BCUT2D eigenvalue weighted by molar-refractivity contribution is -0.124. The fourth-order valence-corrected chi connectivity index (χ4v) is 2.96. The minimum absolute atomic E-state index is 0.00632. The lowest BCUT2D eigenvalue weighted by Gasteiger charge is -2.45. The first-order valence-electron chi connectivity index (χ1n) is 8.32. The molecule has 5 nitrogen and oxygen atoms in total. The zero-order chi connectivity index (χ0) is 17.7.